The molecule has 2 fully saturated rings. The summed E-state index contributed by atoms with van der Waals surface area (Å²) in [6.45, 7) is -2.75. The van der Waals surface area contributed by atoms with Crippen LogP contribution < -0.4 is 0 Å². The normalized spacial score (nSPS) is 23.3. The number of hydrogen-bond donors (Lipinski definition) is 0. The summed E-state index contributed by atoms with van der Waals surface area (Å²) in [5.41, 5.74) is 0. The van der Waals surface area contributed by atoms with Crippen LogP contribution >= 0.6 is 0 Å². The van der Waals surface area contributed by atoms with Crippen LogP contribution in [0.3, 0.4) is 0 Å². The van der Waals surface area contributed by atoms with Gasteiger partial charge in [-0.2, -0.15) is 17.6 Å². The first-order valence-electron chi connectivity index (χ1n) is 7.57. The van der Waals surface area contributed by atoms with Gasteiger partial charge in [-0.15, -0.1) is 8.78 Å². The number of alkyl halides is 6. The van der Waals surface area contributed by atoms with Crippen LogP contribution in [0.15, 0.2) is 0 Å². The minimum absolute atomic E-state index is 0.0296. The van der Waals surface area contributed by atoms with Crippen LogP contribution in [0.5, 0.6) is 0 Å². The number of rotatable bonds is 15. The molecule has 0 aromatic carbocycles. The smallest absolute Gasteiger partial charge is 0.376 e. The number of ether oxygens (including phenoxy) is 7. The van der Waals surface area contributed by atoms with Crippen molar-refractivity contribution in [1.29, 1.82) is 0 Å². The highest BCUT2D eigenvalue weighted by Crippen LogP contribution is 2.33. The van der Waals surface area contributed by atoms with E-state index in [-0.39, 0.29) is 38.6 Å². The molecule has 0 bridgehead atoms. The summed E-state index contributed by atoms with van der Waals surface area (Å²) in [5.74, 6) is 0. The van der Waals surface area contributed by atoms with E-state index in [1.54, 1.807) is 0 Å². The van der Waals surface area contributed by atoms with Gasteiger partial charge in [0.15, 0.2) is 0 Å². The Kier molecular flexibility index (Phi) is 7.47. The van der Waals surface area contributed by atoms with E-state index in [1.165, 1.54) is 0 Å². The minimum atomic E-state index is -5.27. The first-order chi connectivity index (χ1) is 12.1. The molecule has 0 radical (unpaired) electrons. The van der Waals surface area contributed by atoms with Gasteiger partial charge in [0.05, 0.1) is 39.6 Å². The van der Waals surface area contributed by atoms with Gasteiger partial charge in [-0.25, -0.2) is 9.47 Å². The minimum Gasteiger partial charge on any atom is -0.376 e. The highest BCUT2D eigenvalue weighted by molar-refractivity contribution is 4.68. The van der Waals surface area contributed by atoms with Crippen molar-refractivity contribution in [2.45, 2.75) is 30.7 Å². The van der Waals surface area contributed by atoms with Crippen LogP contribution in [0.4, 0.5) is 26.3 Å². The quantitative estimate of drug-likeness (QED) is 0.179. The van der Waals surface area contributed by atoms with E-state index < -0.39 is 31.7 Å². The fourth-order valence-corrected chi connectivity index (χ4v) is 1.59. The SMILES string of the molecule is FC(F)(COCCOCC1CO1)OC(F)(F)OC(F)(F)COCC1CO1. The molecule has 2 aliphatic heterocycles. The maximum absolute atomic E-state index is 13.2. The molecule has 26 heavy (non-hydrogen) atoms. The topological polar surface area (TPSA) is 71.2 Å². The molecule has 154 valence electrons. The summed E-state index contributed by atoms with van der Waals surface area (Å²) >= 11 is 0. The Morgan fingerprint density at radius 2 is 1.12 bits per heavy atom. The van der Waals surface area contributed by atoms with Gasteiger partial charge in [0.2, 0.25) is 0 Å². The molecule has 0 aromatic heterocycles. The van der Waals surface area contributed by atoms with E-state index in [1.807, 2.05) is 0 Å². The average Bonchev–Trinajstić information content (AvgIpc) is 3.33. The van der Waals surface area contributed by atoms with E-state index in [4.69, 9.17) is 9.47 Å². The van der Waals surface area contributed by atoms with Crippen molar-refractivity contribution in [2.24, 2.45) is 0 Å². The van der Waals surface area contributed by atoms with E-state index in [9.17, 15) is 26.3 Å². The predicted octanol–water partition coefficient (Wildman–Crippen LogP) is 1.60. The highest BCUT2D eigenvalue weighted by Gasteiger charge is 2.52. The molecule has 13 heteroatoms. The summed E-state index contributed by atoms with van der Waals surface area (Å²) in [6.07, 6.45) is -14.8. The van der Waals surface area contributed by atoms with E-state index in [0.29, 0.717) is 13.2 Å². The molecular weight excluding hydrogens is 382 g/mol. The first-order valence-corrected chi connectivity index (χ1v) is 7.57. The zero-order valence-electron chi connectivity index (χ0n) is 13.4. The molecule has 0 aromatic rings. The maximum atomic E-state index is 13.2. The lowest BCUT2D eigenvalue weighted by Gasteiger charge is -2.26. The second-order valence-corrected chi connectivity index (χ2v) is 5.50. The van der Waals surface area contributed by atoms with Crippen LogP contribution in [-0.2, 0) is 33.2 Å². The van der Waals surface area contributed by atoms with E-state index >= 15 is 0 Å². The Bertz CT molecular complexity index is 431. The van der Waals surface area contributed by atoms with E-state index in [0.717, 1.165) is 0 Å². The van der Waals surface area contributed by atoms with Crippen LogP contribution in [0.25, 0.3) is 0 Å². The van der Waals surface area contributed by atoms with Gasteiger partial charge in [-0.05, 0) is 0 Å². The molecule has 0 spiro atoms. The van der Waals surface area contributed by atoms with Gasteiger partial charge < -0.3 is 23.7 Å². The molecule has 2 aliphatic rings. The second kappa shape index (κ2) is 8.99. The maximum Gasteiger partial charge on any atom is 0.495 e. The molecule has 0 aliphatic carbocycles. The molecule has 2 atom stereocenters. The Balaban J connectivity index is 1.61. The van der Waals surface area contributed by atoms with Crippen molar-refractivity contribution in [2.75, 3.05) is 52.9 Å². The molecule has 0 amide bonds. The Hall–Kier alpha value is -0.700. The monoisotopic (exact) mass is 400 g/mol. The summed E-state index contributed by atoms with van der Waals surface area (Å²) in [6, 6.07) is 0. The lowest BCUT2D eigenvalue weighted by atomic mass is 10.5. The van der Waals surface area contributed by atoms with Gasteiger partial charge in [-0.1, -0.05) is 0 Å². The third-order valence-electron chi connectivity index (χ3n) is 2.86. The molecule has 2 unspecified atom stereocenters. The Morgan fingerprint density at radius 3 is 1.62 bits per heavy atom. The van der Waals surface area contributed by atoms with Crippen molar-refractivity contribution in [3.05, 3.63) is 0 Å². The second-order valence-electron chi connectivity index (χ2n) is 5.50. The van der Waals surface area contributed by atoms with Gasteiger partial charge in [0.1, 0.15) is 25.4 Å². The summed E-state index contributed by atoms with van der Waals surface area (Å²) in [7, 11) is 0. The van der Waals surface area contributed by atoms with Crippen LogP contribution in [0.1, 0.15) is 0 Å². The molecule has 0 saturated carbocycles. The number of hydrogen-bond acceptors (Lipinski definition) is 7. The fourth-order valence-electron chi connectivity index (χ4n) is 1.59. The molecule has 0 N–H and O–H groups in total. The van der Waals surface area contributed by atoms with Crippen LogP contribution in [-0.4, -0.2) is 83.6 Å². The Labute approximate surface area is 144 Å². The largest absolute Gasteiger partial charge is 0.495 e. The fraction of sp³-hybridized carbons (Fsp3) is 1.00. The average molecular weight is 400 g/mol. The molecule has 2 saturated heterocycles. The van der Waals surface area contributed by atoms with Crippen molar-refractivity contribution in [3.8, 4) is 0 Å². The highest BCUT2D eigenvalue weighted by atomic mass is 19.3. The summed E-state index contributed by atoms with van der Waals surface area (Å²) in [5, 5.41) is 0. The third-order valence-corrected chi connectivity index (χ3v) is 2.86. The number of halogens is 6. The zero-order valence-corrected chi connectivity index (χ0v) is 13.4. The Morgan fingerprint density at radius 1 is 0.692 bits per heavy atom. The van der Waals surface area contributed by atoms with Crippen molar-refractivity contribution >= 4 is 0 Å². The van der Waals surface area contributed by atoms with Crippen LogP contribution in [0, 0.1) is 0 Å². The summed E-state index contributed by atoms with van der Waals surface area (Å²) in [4.78, 5) is 0. The van der Waals surface area contributed by atoms with Crippen molar-refractivity contribution in [3.63, 3.8) is 0 Å². The van der Waals surface area contributed by atoms with Crippen molar-refractivity contribution < 1.29 is 59.5 Å². The standard InChI is InChI=1S/C13H18F6O7/c14-11(15,7-21-2-1-20-3-9-5-23-9)25-13(18,19)26-12(16,17)8-22-4-10-6-24-10/h9-10H,1-8H2. The molecular formula is C13H18F6O7. The van der Waals surface area contributed by atoms with Gasteiger partial charge in [0.25, 0.3) is 0 Å². The third kappa shape index (κ3) is 9.85. The van der Waals surface area contributed by atoms with Crippen LogP contribution in [0.2, 0.25) is 0 Å². The van der Waals surface area contributed by atoms with Gasteiger partial charge in [0, 0.05) is 0 Å². The lowest BCUT2D eigenvalue weighted by molar-refractivity contribution is -0.518. The molecule has 2 heterocycles. The first kappa shape index (κ1) is 21.6. The molecule has 7 nitrogen and oxygen atoms in total. The van der Waals surface area contributed by atoms with Crippen molar-refractivity contribution in [1.82, 2.24) is 0 Å². The zero-order chi connectivity index (χ0) is 19.3. The number of epoxide rings is 2. The predicted molar refractivity (Wildman–Crippen MR) is 68.9 cm³/mol. The van der Waals surface area contributed by atoms with Gasteiger partial charge >= 0.3 is 18.5 Å². The van der Waals surface area contributed by atoms with Gasteiger partial charge in [-0.3, -0.25) is 0 Å². The van der Waals surface area contributed by atoms with E-state index in [2.05, 4.69) is 23.7 Å². The molecule has 2 rings (SSSR count). The lowest BCUT2D eigenvalue weighted by Crippen LogP contribution is -2.44. The summed E-state index contributed by atoms with van der Waals surface area (Å²) < 4.78 is 108.